The van der Waals surface area contributed by atoms with E-state index >= 15 is 0 Å². The smallest absolute Gasteiger partial charge is 0.307 e. The lowest BCUT2D eigenvalue weighted by Gasteiger charge is -2.36. The maximum absolute atomic E-state index is 11.7. The number of carboxylic acids is 1. The number of ether oxygens (including phenoxy) is 2. The molecule has 1 aliphatic heterocycles. The second kappa shape index (κ2) is 8.39. The van der Waals surface area contributed by atoms with Gasteiger partial charge in [-0.15, -0.1) is 11.3 Å². The van der Waals surface area contributed by atoms with Crippen LogP contribution < -0.4 is 9.47 Å². The molecule has 2 heterocycles. The number of hydrogen-bond acceptors (Lipinski definition) is 6. The van der Waals surface area contributed by atoms with Gasteiger partial charge in [0.25, 0.3) is 0 Å². The van der Waals surface area contributed by atoms with Gasteiger partial charge in [0.1, 0.15) is 16.5 Å². The molecule has 7 heteroatoms. The molecule has 4 rings (SSSR count). The van der Waals surface area contributed by atoms with E-state index in [0.717, 1.165) is 39.5 Å². The molecule has 0 bridgehead atoms. The van der Waals surface area contributed by atoms with Crippen LogP contribution in [0.1, 0.15) is 29.5 Å². The van der Waals surface area contributed by atoms with Crippen molar-refractivity contribution in [1.82, 2.24) is 9.88 Å². The molecule has 1 aromatic heterocycles. The van der Waals surface area contributed by atoms with Gasteiger partial charge >= 0.3 is 5.97 Å². The third kappa shape index (κ3) is 3.93. The van der Waals surface area contributed by atoms with Crippen molar-refractivity contribution in [2.75, 3.05) is 27.3 Å². The number of thiazole rings is 1. The Balaban J connectivity index is 1.82. The zero-order valence-corrected chi connectivity index (χ0v) is 17.3. The van der Waals surface area contributed by atoms with E-state index in [-0.39, 0.29) is 12.0 Å². The van der Waals surface area contributed by atoms with Crippen molar-refractivity contribution in [3.8, 4) is 11.5 Å². The summed E-state index contributed by atoms with van der Waals surface area (Å²) in [5.74, 6) is 0.325. The number of fused-ring (bicyclic) bond motifs is 1. The molecule has 0 aliphatic carbocycles. The van der Waals surface area contributed by atoms with Crippen LogP contribution in [0.3, 0.4) is 0 Å². The van der Waals surface area contributed by atoms with E-state index in [0.29, 0.717) is 18.7 Å². The summed E-state index contributed by atoms with van der Waals surface area (Å²) in [6, 6.07) is 13.7. The summed E-state index contributed by atoms with van der Waals surface area (Å²) in [5.41, 5.74) is 1.93. The first-order chi connectivity index (χ1) is 14.1. The number of para-hydroxylation sites is 1. The molecule has 0 saturated carbocycles. The highest BCUT2D eigenvalue weighted by molar-refractivity contribution is 7.18. The normalized spacial score (nSPS) is 18.5. The maximum Gasteiger partial charge on any atom is 0.307 e. The van der Waals surface area contributed by atoms with Crippen molar-refractivity contribution < 1.29 is 19.4 Å². The quantitative estimate of drug-likeness (QED) is 0.654. The number of carboxylic acid groups (broad SMARTS) is 1. The Kier molecular flexibility index (Phi) is 5.69. The molecule has 152 valence electrons. The Morgan fingerprint density at radius 2 is 2.07 bits per heavy atom. The van der Waals surface area contributed by atoms with Crippen LogP contribution in [0.25, 0.3) is 10.2 Å². The lowest BCUT2D eigenvalue weighted by atomic mass is 9.94. The SMILES string of the molecule is COc1ccc(C(c2nc3ccccc3s2)N2CCCC(C(=O)O)C2)c(OC)c1. The topological polar surface area (TPSA) is 71.9 Å². The van der Waals surface area contributed by atoms with E-state index in [1.54, 1.807) is 25.6 Å². The van der Waals surface area contributed by atoms with Crippen LogP contribution in [0.4, 0.5) is 0 Å². The summed E-state index contributed by atoms with van der Waals surface area (Å²) in [4.78, 5) is 18.8. The Hall–Kier alpha value is -2.64. The van der Waals surface area contributed by atoms with Crippen LogP contribution >= 0.6 is 11.3 Å². The Labute approximate surface area is 173 Å². The van der Waals surface area contributed by atoms with Gasteiger partial charge < -0.3 is 14.6 Å². The molecule has 0 amide bonds. The van der Waals surface area contributed by atoms with Gasteiger partial charge in [0, 0.05) is 18.2 Å². The standard InChI is InChI=1S/C22H24N2O4S/c1-27-15-9-10-16(18(12-15)28-2)20(24-11-5-6-14(13-24)22(25)26)21-23-17-7-3-4-8-19(17)29-21/h3-4,7-10,12,14,20H,5-6,11,13H2,1-2H3,(H,25,26). The second-order valence-corrected chi connectivity index (χ2v) is 8.26. The molecule has 2 atom stereocenters. The second-order valence-electron chi connectivity index (χ2n) is 7.20. The van der Waals surface area contributed by atoms with Gasteiger partial charge in [-0.05, 0) is 43.7 Å². The molecule has 0 spiro atoms. The summed E-state index contributed by atoms with van der Waals surface area (Å²) < 4.78 is 12.2. The molecule has 0 radical (unpaired) electrons. The fourth-order valence-electron chi connectivity index (χ4n) is 3.98. The zero-order valence-electron chi connectivity index (χ0n) is 16.5. The van der Waals surface area contributed by atoms with Gasteiger partial charge in [0.15, 0.2) is 0 Å². The minimum absolute atomic E-state index is 0.171. The predicted molar refractivity (Wildman–Crippen MR) is 113 cm³/mol. The van der Waals surface area contributed by atoms with Crippen molar-refractivity contribution in [3.05, 3.63) is 53.0 Å². The minimum Gasteiger partial charge on any atom is -0.497 e. The molecular weight excluding hydrogens is 388 g/mol. The molecule has 2 unspecified atom stereocenters. The fraction of sp³-hybridized carbons (Fsp3) is 0.364. The third-order valence-electron chi connectivity index (χ3n) is 5.45. The van der Waals surface area contributed by atoms with Crippen molar-refractivity contribution >= 4 is 27.5 Å². The average Bonchev–Trinajstić information content (AvgIpc) is 3.18. The molecular formula is C22H24N2O4S. The number of aliphatic carboxylic acids is 1. The number of piperidine rings is 1. The van der Waals surface area contributed by atoms with Crippen LogP contribution in [0, 0.1) is 5.92 Å². The van der Waals surface area contributed by atoms with Gasteiger partial charge in [0.2, 0.25) is 0 Å². The first kappa shape index (κ1) is 19.7. The molecule has 2 aromatic carbocycles. The summed E-state index contributed by atoms with van der Waals surface area (Å²) >= 11 is 1.65. The van der Waals surface area contributed by atoms with Gasteiger partial charge in [-0.2, -0.15) is 0 Å². The van der Waals surface area contributed by atoms with Crippen molar-refractivity contribution in [2.24, 2.45) is 5.92 Å². The number of rotatable bonds is 6. The maximum atomic E-state index is 11.7. The number of hydrogen-bond donors (Lipinski definition) is 1. The van der Waals surface area contributed by atoms with Crippen LogP contribution in [-0.4, -0.2) is 48.3 Å². The van der Waals surface area contributed by atoms with E-state index in [1.807, 2.05) is 36.4 Å². The number of carbonyl (C=O) groups is 1. The van der Waals surface area contributed by atoms with E-state index in [4.69, 9.17) is 14.5 Å². The van der Waals surface area contributed by atoms with E-state index in [2.05, 4.69) is 11.0 Å². The first-order valence-electron chi connectivity index (χ1n) is 9.65. The molecule has 1 aliphatic rings. The lowest BCUT2D eigenvalue weighted by molar-refractivity contribution is -0.143. The fourth-order valence-corrected chi connectivity index (χ4v) is 5.10. The number of methoxy groups -OCH3 is 2. The first-order valence-corrected chi connectivity index (χ1v) is 10.5. The zero-order chi connectivity index (χ0) is 20.4. The van der Waals surface area contributed by atoms with Crippen LogP contribution in [0.5, 0.6) is 11.5 Å². The van der Waals surface area contributed by atoms with E-state index in [1.165, 1.54) is 0 Å². The third-order valence-corrected chi connectivity index (χ3v) is 6.54. The Morgan fingerprint density at radius 3 is 2.79 bits per heavy atom. The number of benzene rings is 2. The van der Waals surface area contributed by atoms with Gasteiger partial charge in [-0.1, -0.05) is 12.1 Å². The molecule has 3 aromatic rings. The van der Waals surface area contributed by atoms with Gasteiger partial charge in [-0.3, -0.25) is 9.69 Å². The summed E-state index contributed by atoms with van der Waals surface area (Å²) in [6.07, 6.45) is 1.55. The molecule has 6 nitrogen and oxygen atoms in total. The summed E-state index contributed by atoms with van der Waals surface area (Å²) in [5, 5.41) is 10.5. The number of aromatic nitrogens is 1. The molecule has 29 heavy (non-hydrogen) atoms. The highest BCUT2D eigenvalue weighted by Crippen LogP contribution is 2.41. The molecule has 1 saturated heterocycles. The monoisotopic (exact) mass is 412 g/mol. The van der Waals surface area contributed by atoms with Crippen molar-refractivity contribution in [1.29, 1.82) is 0 Å². The highest BCUT2D eigenvalue weighted by atomic mass is 32.1. The van der Waals surface area contributed by atoms with Crippen molar-refractivity contribution in [3.63, 3.8) is 0 Å². The summed E-state index contributed by atoms with van der Waals surface area (Å²) in [6.45, 7) is 1.31. The van der Waals surface area contributed by atoms with Crippen LogP contribution in [-0.2, 0) is 4.79 Å². The van der Waals surface area contributed by atoms with Crippen molar-refractivity contribution in [2.45, 2.75) is 18.9 Å². The predicted octanol–water partition coefficient (Wildman–Crippen LogP) is 4.20. The minimum atomic E-state index is -0.737. The average molecular weight is 413 g/mol. The number of nitrogens with zero attached hydrogens (tertiary/aromatic N) is 2. The van der Waals surface area contributed by atoms with Gasteiger partial charge in [0.05, 0.1) is 36.4 Å². The highest BCUT2D eigenvalue weighted by Gasteiger charge is 2.34. The number of likely N-dealkylation sites (tertiary alicyclic amines) is 1. The largest absolute Gasteiger partial charge is 0.497 e. The lowest BCUT2D eigenvalue weighted by Crippen LogP contribution is -2.41. The molecule has 1 fully saturated rings. The van der Waals surface area contributed by atoms with E-state index < -0.39 is 5.97 Å². The van der Waals surface area contributed by atoms with Gasteiger partial charge in [-0.25, -0.2) is 4.98 Å². The molecule has 1 N–H and O–H groups in total. The Morgan fingerprint density at radius 1 is 1.24 bits per heavy atom. The summed E-state index contributed by atoms with van der Waals surface area (Å²) in [7, 11) is 3.27. The van der Waals surface area contributed by atoms with Crippen LogP contribution in [0.2, 0.25) is 0 Å². The Bertz CT molecular complexity index is 986. The van der Waals surface area contributed by atoms with E-state index in [9.17, 15) is 9.90 Å². The van der Waals surface area contributed by atoms with Crippen LogP contribution in [0.15, 0.2) is 42.5 Å².